The van der Waals surface area contributed by atoms with E-state index in [1.807, 2.05) is 0 Å². The third kappa shape index (κ3) is 8.85. The summed E-state index contributed by atoms with van der Waals surface area (Å²) in [5, 5.41) is 0. The predicted molar refractivity (Wildman–Crippen MR) is 48.9 cm³/mol. The van der Waals surface area contributed by atoms with E-state index in [4.69, 9.17) is 10.5 Å². The Balaban J connectivity index is 3.59. The zero-order valence-corrected chi connectivity index (χ0v) is 8.42. The zero-order valence-electron chi connectivity index (χ0n) is 8.42. The number of primary amides is 1. The van der Waals surface area contributed by atoms with Crippen LogP contribution in [0, 0.1) is 0 Å². The zero-order chi connectivity index (χ0) is 10.5. The van der Waals surface area contributed by atoms with Crippen LogP contribution in [0.1, 0.15) is 40.0 Å². The third-order valence-corrected chi connectivity index (χ3v) is 1.22. The van der Waals surface area contributed by atoms with E-state index in [1.165, 1.54) is 0 Å². The van der Waals surface area contributed by atoms with Crippen LogP contribution in [0.25, 0.3) is 0 Å². The van der Waals surface area contributed by atoms with Crippen LogP contribution in [0.5, 0.6) is 0 Å². The fourth-order valence-corrected chi connectivity index (χ4v) is 0.799. The lowest BCUT2D eigenvalue weighted by Gasteiger charge is -2.19. The molecule has 0 bridgehead atoms. The molecule has 0 aliphatic carbocycles. The molecule has 0 aliphatic rings. The molecular weight excluding hydrogens is 170 g/mol. The van der Waals surface area contributed by atoms with Gasteiger partial charge in [-0.2, -0.15) is 0 Å². The van der Waals surface area contributed by atoms with Gasteiger partial charge in [-0.1, -0.05) is 0 Å². The molecule has 0 saturated heterocycles. The van der Waals surface area contributed by atoms with Crippen molar-refractivity contribution in [3.8, 4) is 0 Å². The van der Waals surface area contributed by atoms with Crippen molar-refractivity contribution in [2.45, 2.75) is 45.6 Å². The van der Waals surface area contributed by atoms with Gasteiger partial charge < -0.3 is 10.5 Å². The maximum atomic E-state index is 11.1. The minimum absolute atomic E-state index is 0.235. The van der Waals surface area contributed by atoms with Crippen LogP contribution in [0.4, 0.5) is 0 Å². The first-order valence-electron chi connectivity index (χ1n) is 4.31. The van der Waals surface area contributed by atoms with E-state index in [0.717, 1.165) is 0 Å². The summed E-state index contributed by atoms with van der Waals surface area (Å²) in [4.78, 5) is 21.4. The van der Waals surface area contributed by atoms with Crippen LogP contribution in [0.3, 0.4) is 0 Å². The van der Waals surface area contributed by atoms with Crippen LogP contribution in [-0.4, -0.2) is 17.5 Å². The van der Waals surface area contributed by atoms with E-state index in [0.29, 0.717) is 6.42 Å². The van der Waals surface area contributed by atoms with Crippen LogP contribution < -0.4 is 5.73 Å². The Labute approximate surface area is 78.4 Å². The van der Waals surface area contributed by atoms with Crippen LogP contribution in [-0.2, 0) is 14.3 Å². The van der Waals surface area contributed by atoms with Gasteiger partial charge in [-0.05, 0) is 27.2 Å². The Kier molecular flexibility index (Phi) is 4.45. The number of carbonyl (C=O) groups excluding carboxylic acids is 2. The van der Waals surface area contributed by atoms with E-state index in [-0.39, 0.29) is 24.7 Å². The van der Waals surface area contributed by atoms with Crippen molar-refractivity contribution in [1.82, 2.24) is 0 Å². The predicted octanol–water partition coefficient (Wildman–Crippen LogP) is 0.984. The number of ether oxygens (including phenoxy) is 1. The van der Waals surface area contributed by atoms with Crippen molar-refractivity contribution in [2.75, 3.05) is 0 Å². The summed E-state index contributed by atoms with van der Waals surface area (Å²) in [6, 6.07) is 0. The van der Waals surface area contributed by atoms with E-state index in [1.54, 1.807) is 20.8 Å². The molecule has 0 aromatic heterocycles. The number of rotatable bonds is 4. The molecule has 1 amide bonds. The number of hydrogen-bond donors (Lipinski definition) is 1. The van der Waals surface area contributed by atoms with E-state index >= 15 is 0 Å². The molecule has 0 fully saturated rings. The molecule has 0 saturated carbocycles. The second-order valence-corrected chi connectivity index (χ2v) is 3.91. The highest BCUT2D eigenvalue weighted by Crippen LogP contribution is 2.09. The molecule has 13 heavy (non-hydrogen) atoms. The number of carbonyl (C=O) groups is 2. The third-order valence-electron chi connectivity index (χ3n) is 1.22. The van der Waals surface area contributed by atoms with E-state index in [9.17, 15) is 9.59 Å². The summed E-state index contributed by atoms with van der Waals surface area (Å²) >= 11 is 0. The van der Waals surface area contributed by atoms with Gasteiger partial charge in [0, 0.05) is 12.8 Å². The van der Waals surface area contributed by atoms with Gasteiger partial charge in [0.2, 0.25) is 5.91 Å². The first-order chi connectivity index (χ1) is 5.81. The monoisotopic (exact) mass is 187 g/mol. The lowest BCUT2D eigenvalue weighted by Crippen LogP contribution is -2.24. The maximum Gasteiger partial charge on any atom is 0.306 e. The summed E-state index contributed by atoms with van der Waals surface area (Å²) < 4.78 is 5.03. The number of nitrogens with two attached hydrogens (primary N) is 1. The Hall–Kier alpha value is -1.06. The quantitative estimate of drug-likeness (QED) is 0.667. The molecule has 0 unspecified atom stereocenters. The summed E-state index contributed by atoms with van der Waals surface area (Å²) in [5.74, 6) is -0.669. The van der Waals surface area contributed by atoms with Gasteiger partial charge in [-0.15, -0.1) is 0 Å². The highest BCUT2D eigenvalue weighted by molar-refractivity contribution is 5.75. The molecule has 0 aliphatic heterocycles. The summed E-state index contributed by atoms with van der Waals surface area (Å²) in [6.45, 7) is 5.41. The molecule has 0 aromatic rings. The Bertz CT molecular complexity index is 194. The second kappa shape index (κ2) is 4.84. The molecule has 0 heterocycles. The van der Waals surface area contributed by atoms with Crippen molar-refractivity contribution in [1.29, 1.82) is 0 Å². The minimum Gasteiger partial charge on any atom is -0.460 e. The number of hydrogen-bond acceptors (Lipinski definition) is 3. The van der Waals surface area contributed by atoms with Crippen molar-refractivity contribution < 1.29 is 14.3 Å². The summed E-state index contributed by atoms with van der Waals surface area (Å²) in [5.41, 5.74) is 4.46. The van der Waals surface area contributed by atoms with Crippen LogP contribution in [0.2, 0.25) is 0 Å². The van der Waals surface area contributed by atoms with Gasteiger partial charge in [-0.25, -0.2) is 0 Å². The van der Waals surface area contributed by atoms with Gasteiger partial charge in [0.1, 0.15) is 5.60 Å². The topological polar surface area (TPSA) is 69.4 Å². The second-order valence-electron chi connectivity index (χ2n) is 3.91. The summed E-state index contributed by atoms with van der Waals surface area (Å²) in [6.07, 6.45) is 0.948. The van der Waals surface area contributed by atoms with Gasteiger partial charge in [0.25, 0.3) is 0 Å². The first-order valence-corrected chi connectivity index (χ1v) is 4.31. The standard InChI is InChI=1S/C9H17NO3/c1-9(2,3)13-8(12)6-4-5-7(10)11/h4-6H2,1-3H3,(H2,10,11). The van der Waals surface area contributed by atoms with Gasteiger partial charge in [-0.3, -0.25) is 9.59 Å². The molecule has 4 heteroatoms. The molecule has 0 atom stereocenters. The van der Waals surface area contributed by atoms with E-state index < -0.39 is 5.60 Å². The lowest BCUT2D eigenvalue weighted by molar-refractivity contribution is -0.154. The maximum absolute atomic E-state index is 11.1. The Morgan fingerprint density at radius 3 is 2.15 bits per heavy atom. The average Bonchev–Trinajstić information content (AvgIpc) is 1.81. The molecular formula is C9H17NO3. The molecule has 0 rings (SSSR count). The van der Waals surface area contributed by atoms with Crippen LogP contribution in [0.15, 0.2) is 0 Å². The number of amides is 1. The molecule has 76 valence electrons. The molecule has 2 N–H and O–H groups in total. The lowest BCUT2D eigenvalue weighted by atomic mass is 10.2. The minimum atomic E-state index is -0.455. The van der Waals surface area contributed by atoms with Gasteiger partial charge in [0.15, 0.2) is 0 Å². The molecule has 0 spiro atoms. The van der Waals surface area contributed by atoms with E-state index in [2.05, 4.69) is 0 Å². The first kappa shape index (κ1) is 11.9. The van der Waals surface area contributed by atoms with Crippen molar-refractivity contribution in [3.63, 3.8) is 0 Å². The largest absolute Gasteiger partial charge is 0.460 e. The van der Waals surface area contributed by atoms with Gasteiger partial charge >= 0.3 is 5.97 Å². The smallest absolute Gasteiger partial charge is 0.306 e. The highest BCUT2D eigenvalue weighted by atomic mass is 16.6. The number of esters is 1. The van der Waals surface area contributed by atoms with Crippen molar-refractivity contribution in [2.24, 2.45) is 5.73 Å². The fourth-order valence-electron chi connectivity index (χ4n) is 0.799. The molecule has 0 radical (unpaired) electrons. The Morgan fingerprint density at radius 2 is 1.77 bits per heavy atom. The Morgan fingerprint density at radius 1 is 1.23 bits per heavy atom. The normalized spacial score (nSPS) is 11.0. The highest BCUT2D eigenvalue weighted by Gasteiger charge is 2.15. The van der Waals surface area contributed by atoms with Crippen LogP contribution >= 0.6 is 0 Å². The average molecular weight is 187 g/mol. The van der Waals surface area contributed by atoms with Crippen molar-refractivity contribution >= 4 is 11.9 Å². The molecule has 0 aromatic carbocycles. The van der Waals surface area contributed by atoms with Gasteiger partial charge in [0.05, 0.1) is 0 Å². The summed E-state index contributed by atoms with van der Waals surface area (Å²) in [7, 11) is 0. The van der Waals surface area contributed by atoms with Crippen molar-refractivity contribution in [3.05, 3.63) is 0 Å². The fraction of sp³-hybridized carbons (Fsp3) is 0.778. The SMILES string of the molecule is CC(C)(C)OC(=O)CCCC(N)=O. The molecule has 4 nitrogen and oxygen atoms in total.